The second kappa shape index (κ2) is 8.96. The van der Waals surface area contributed by atoms with Crippen molar-refractivity contribution in [1.29, 1.82) is 0 Å². The Bertz CT molecular complexity index is 702. The lowest BCUT2D eigenvalue weighted by Gasteiger charge is -2.59. The first kappa shape index (κ1) is 23.1. The predicted octanol–water partition coefficient (Wildman–Crippen LogP) is 0.357. The zero-order valence-corrected chi connectivity index (χ0v) is 21.0. The van der Waals surface area contributed by atoms with Crippen molar-refractivity contribution in [2.45, 2.75) is 74.5 Å². The van der Waals surface area contributed by atoms with Crippen LogP contribution < -0.4 is 0 Å². The van der Waals surface area contributed by atoms with E-state index in [9.17, 15) is 0 Å². The molecule has 9 rings (SSSR count). The summed E-state index contributed by atoms with van der Waals surface area (Å²) in [6.07, 6.45) is 9.59. The lowest BCUT2D eigenvalue weighted by Crippen LogP contribution is -2.65. The molecule has 0 aromatic carbocycles. The fourth-order valence-corrected chi connectivity index (χ4v) is 6.94. The van der Waals surface area contributed by atoms with E-state index in [1.165, 1.54) is 45.3 Å². The highest BCUT2D eigenvalue weighted by atomic mass is 16.6. The van der Waals surface area contributed by atoms with Crippen molar-refractivity contribution in [3.05, 3.63) is 0 Å². The summed E-state index contributed by atoms with van der Waals surface area (Å²) >= 11 is 0. The van der Waals surface area contributed by atoms with Gasteiger partial charge < -0.3 is 33.6 Å². The van der Waals surface area contributed by atoms with E-state index >= 15 is 0 Å². The van der Waals surface area contributed by atoms with Gasteiger partial charge in [0, 0.05) is 57.3 Å². The maximum atomic E-state index is 5.68. The summed E-state index contributed by atoms with van der Waals surface area (Å²) in [5.41, 5.74) is 0.648. The minimum Gasteiger partial charge on any atom is -0.375 e. The zero-order chi connectivity index (χ0) is 22.7. The summed E-state index contributed by atoms with van der Waals surface area (Å²) < 4.78 is 21.6. The Morgan fingerprint density at radius 3 is 1.82 bits per heavy atom. The molecule has 2 bridgehead atoms. The average Bonchev–Trinajstić information content (AvgIpc) is 3.46. The third-order valence-corrected chi connectivity index (χ3v) is 9.34. The van der Waals surface area contributed by atoms with Crippen LogP contribution in [0.3, 0.4) is 0 Å². The van der Waals surface area contributed by atoms with Crippen molar-refractivity contribution in [1.82, 2.24) is 19.6 Å². The molecule has 1 saturated carbocycles. The molecule has 33 heavy (non-hydrogen) atoms. The molecule has 0 radical (unpaired) electrons. The molecule has 1 aliphatic carbocycles. The largest absolute Gasteiger partial charge is 0.375 e. The first-order valence-electron chi connectivity index (χ1n) is 13.2. The lowest BCUT2D eigenvalue weighted by molar-refractivity contribution is -0.280. The number of fused-ring (bicyclic) bond motifs is 4. The van der Waals surface area contributed by atoms with Crippen molar-refractivity contribution >= 4 is 0 Å². The summed E-state index contributed by atoms with van der Waals surface area (Å²) in [4.78, 5) is 9.42. The van der Waals surface area contributed by atoms with E-state index in [1.807, 2.05) is 0 Å². The standard InChI is InChI=1S/C8H13NO.2C6H11NO.C5H9NO/c1-9-4-7-8(5-9)3-2-6(8)10-7;1-7-3-6-2-5(7)4-8-6;1-7-3-2-5-6(4-7)8-5;1-6-2-4-5(3-6)7-4/h6-7H,2-5H2,1H3;2*5-6H,2-4H2,1H3;4-5H,2-3H2,1H3/t;5-,6-;;/m.0../s1. The molecule has 8 aliphatic heterocycles. The SMILES string of the molecule is CN1CC2OC2C1.CN1CC2OC3CCC32C1.CN1CCC2OC2C1.CN1C[C@@H]2C[C@H]1CO2. The van der Waals surface area contributed by atoms with Crippen molar-refractivity contribution in [3.8, 4) is 0 Å². The second-order valence-electron chi connectivity index (χ2n) is 12.1. The molecule has 8 nitrogen and oxygen atoms in total. The minimum atomic E-state index is 0.574. The number of likely N-dealkylation sites (tertiary alicyclic amines) is 4. The van der Waals surface area contributed by atoms with E-state index in [0.29, 0.717) is 48.1 Å². The first-order valence-corrected chi connectivity index (χ1v) is 13.2. The third kappa shape index (κ3) is 4.75. The fourth-order valence-electron chi connectivity index (χ4n) is 6.94. The van der Waals surface area contributed by atoms with Gasteiger partial charge in [0.05, 0.1) is 49.3 Å². The van der Waals surface area contributed by atoms with Crippen LogP contribution >= 0.6 is 0 Å². The minimum absolute atomic E-state index is 0.574. The topological polar surface area (TPSA) is 56.5 Å². The predicted molar refractivity (Wildman–Crippen MR) is 126 cm³/mol. The molecule has 8 saturated heterocycles. The molecule has 9 fully saturated rings. The van der Waals surface area contributed by atoms with Crippen LogP contribution in [0.5, 0.6) is 0 Å². The van der Waals surface area contributed by atoms with E-state index in [0.717, 1.165) is 38.8 Å². The van der Waals surface area contributed by atoms with E-state index in [1.54, 1.807) is 0 Å². The molecule has 8 heteroatoms. The molecule has 0 amide bonds. The number of hydrogen-bond donors (Lipinski definition) is 0. The number of ether oxygens (including phenoxy) is 4. The highest BCUT2D eigenvalue weighted by Crippen LogP contribution is 2.59. The summed E-state index contributed by atoms with van der Waals surface area (Å²) in [6, 6.07) is 0.750. The van der Waals surface area contributed by atoms with E-state index in [-0.39, 0.29) is 0 Å². The normalized spacial score (nSPS) is 50.5. The molecule has 8 heterocycles. The Balaban J connectivity index is 0.0000000841. The summed E-state index contributed by atoms with van der Waals surface area (Å²) in [5.74, 6) is 0. The van der Waals surface area contributed by atoms with Crippen LogP contribution in [0.25, 0.3) is 0 Å². The third-order valence-electron chi connectivity index (χ3n) is 9.34. The Kier molecular flexibility index (Phi) is 6.27. The van der Waals surface area contributed by atoms with Gasteiger partial charge in [0.2, 0.25) is 0 Å². The Hall–Kier alpha value is -0.320. The molecule has 0 aromatic heterocycles. The number of rotatable bonds is 0. The molecule has 188 valence electrons. The fraction of sp³-hybridized carbons (Fsp3) is 1.00. The molecule has 0 aromatic rings. The van der Waals surface area contributed by atoms with Crippen molar-refractivity contribution < 1.29 is 18.9 Å². The highest BCUT2D eigenvalue weighted by Gasteiger charge is 2.65. The van der Waals surface area contributed by atoms with Gasteiger partial charge in [-0.15, -0.1) is 0 Å². The number of piperidine rings is 1. The average molecular weight is 465 g/mol. The van der Waals surface area contributed by atoms with Crippen LogP contribution in [-0.2, 0) is 18.9 Å². The van der Waals surface area contributed by atoms with Crippen LogP contribution in [-0.4, -0.2) is 149 Å². The van der Waals surface area contributed by atoms with Crippen molar-refractivity contribution in [3.63, 3.8) is 0 Å². The quantitative estimate of drug-likeness (QED) is 0.477. The van der Waals surface area contributed by atoms with Gasteiger partial charge in [-0.05, 0) is 53.9 Å². The summed E-state index contributed by atoms with van der Waals surface area (Å²) in [5, 5.41) is 0. The Morgan fingerprint density at radius 2 is 1.42 bits per heavy atom. The van der Waals surface area contributed by atoms with Gasteiger partial charge in [0.15, 0.2) is 0 Å². The smallest absolute Gasteiger partial charge is 0.0981 e. The van der Waals surface area contributed by atoms with Gasteiger partial charge in [-0.3, -0.25) is 4.90 Å². The number of morpholine rings is 2. The molecule has 1 spiro atoms. The number of epoxide rings is 2. The molecule has 9 aliphatic rings. The number of nitrogens with zero attached hydrogens (tertiary/aromatic N) is 4. The van der Waals surface area contributed by atoms with Gasteiger partial charge in [-0.2, -0.15) is 0 Å². The van der Waals surface area contributed by atoms with Crippen LogP contribution in [0.4, 0.5) is 0 Å². The van der Waals surface area contributed by atoms with E-state index < -0.39 is 0 Å². The maximum Gasteiger partial charge on any atom is 0.0981 e. The van der Waals surface area contributed by atoms with Crippen molar-refractivity contribution in [2.24, 2.45) is 5.41 Å². The number of hydrogen-bond acceptors (Lipinski definition) is 8. The zero-order valence-electron chi connectivity index (χ0n) is 21.0. The molecule has 7 unspecified atom stereocenters. The van der Waals surface area contributed by atoms with E-state index in [2.05, 4.69) is 47.8 Å². The monoisotopic (exact) mass is 464 g/mol. The van der Waals surface area contributed by atoms with Crippen LogP contribution in [0.15, 0.2) is 0 Å². The Morgan fingerprint density at radius 1 is 0.697 bits per heavy atom. The molecular formula is C25H44N4O4. The van der Waals surface area contributed by atoms with Gasteiger partial charge in [0.25, 0.3) is 0 Å². The van der Waals surface area contributed by atoms with E-state index in [4.69, 9.17) is 18.9 Å². The highest BCUT2D eigenvalue weighted by molar-refractivity contribution is 5.15. The van der Waals surface area contributed by atoms with Gasteiger partial charge in [-0.1, -0.05) is 0 Å². The lowest BCUT2D eigenvalue weighted by atomic mass is 9.60. The summed E-state index contributed by atoms with van der Waals surface area (Å²) in [6.45, 7) is 9.30. The molecule has 0 N–H and O–H groups in total. The molecule has 9 atom stereocenters. The van der Waals surface area contributed by atoms with Gasteiger partial charge in [-0.25, -0.2) is 0 Å². The second-order valence-corrected chi connectivity index (χ2v) is 12.1. The number of likely N-dealkylation sites (N-methyl/N-ethyl adjacent to an activating group) is 4. The van der Waals surface area contributed by atoms with Gasteiger partial charge >= 0.3 is 0 Å². The van der Waals surface area contributed by atoms with Gasteiger partial charge in [0.1, 0.15) is 0 Å². The van der Waals surface area contributed by atoms with Crippen LogP contribution in [0.1, 0.15) is 25.7 Å². The molecular weight excluding hydrogens is 420 g/mol. The Labute approximate surface area is 199 Å². The van der Waals surface area contributed by atoms with Crippen molar-refractivity contribution in [2.75, 3.05) is 80.6 Å². The maximum absolute atomic E-state index is 5.68. The first-order chi connectivity index (χ1) is 15.9. The van der Waals surface area contributed by atoms with Crippen LogP contribution in [0, 0.1) is 5.41 Å². The van der Waals surface area contributed by atoms with Crippen LogP contribution in [0.2, 0.25) is 0 Å². The summed E-state index contributed by atoms with van der Waals surface area (Å²) in [7, 11) is 8.66.